The van der Waals surface area contributed by atoms with E-state index in [-0.39, 0.29) is 18.3 Å². The number of amides is 1. The first-order valence-electron chi connectivity index (χ1n) is 7.97. The fraction of sp³-hybridized carbons (Fsp3) is 0.294. The number of carbonyl (C=O) groups excluding carboxylic acids is 2. The summed E-state index contributed by atoms with van der Waals surface area (Å²) in [5.74, 6) is 0.0412. The Labute approximate surface area is 149 Å². The van der Waals surface area contributed by atoms with Crippen LogP contribution in [-0.2, 0) is 16.1 Å². The molecule has 25 heavy (non-hydrogen) atoms. The Kier molecular flexibility index (Phi) is 5.18. The minimum absolute atomic E-state index is 0.0532. The third-order valence-electron chi connectivity index (χ3n) is 3.61. The number of aryl methyl sites for hydroxylation is 1. The molecule has 0 atom stereocenters. The number of ether oxygens (including phenoxy) is 1. The second kappa shape index (κ2) is 7.52. The second-order valence-electron chi connectivity index (χ2n) is 5.17. The van der Waals surface area contributed by atoms with Gasteiger partial charge in [0.25, 0.3) is 0 Å². The van der Waals surface area contributed by atoms with E-state index in [0.29, 0.717) is 23.2 Å². The Bertz CT molecular complexity index is 817. The van der Waals surface area contributed by atoms with Crippen molar-refractivity contribution >= 4 is 40.3 Å². The number of hydrogen-bond donors (Lipinski definition) is 0. The maximum absolute atomic E-state index is 12.3. The summed E-state index contributed by atoms with van der Waals surface area (Å²) in [5, 5.41) is 0.503. The molecule has 1 aromatic carbocycles. The predicted octanol–water partition coefficient (Wildman–Crippen LogP) is 2.85. The van der Waals surface area contributed by atoms with Crippen molar-refractivity contribution in [2.24, 2.45) is 4.99 Å². The number of aromatic nitrogens is 2. The predicted molar refractivity (Wildman–Crippen MR) is 97.3 cm³/mol. The molecular formula is C17H18N4O3S. The molecule has 2 aromatic rings. The van der Waals surface area contributed by atoms with Gasteiger partial charge in [0.2, 0.25) is 5.91 Å². The standard InChI is InChI=1S/C17H18N4O3S/c1-3-20-11-18-15(14(20)16(23)24-4-2)19-17-21(13(22)10-25-17)12-8-6-5-7-9-12/h5-9,11H,3-4,10H2,1-2H3/b19-17-. The first kappa shape index (κ1) is 17.2. The Hall–Kier alpha value is -2.61. The van der Waals surface area contributed by atoms with Crippen LogP contribution in [0.5, 0.6) is 0 Å². The second-order valence-corrected chi connectivity index (χ2v) is 6.11. The molecule has 1 fully saturated rings. The highest BCUT2D eigenvalue weighted by Gasteiger charge is 2.31. The third kappa shape index (κ3) is 3.43. The molecule has 0 radical (unpaired) electrons. The van der Waals surface area contributed by atoms with Gasteiger partial charge in [-0.05, 0) is 26.0 Å². The molecule has 1 aliphatic heterocycles. The van der Waals surface area contributed by atoms with Crippen molar-refractivity contribution in [3.63, 3.8) is 0 Å². The Balaban J connectivity index is 2.01. The molecule has 0 aliphatic carbocycles. The van der Waals surface area contributed by atoms with E-state index >= 15 is 0 Å². The van der Waals surface area contributed by atoms with E-state index in [9.17, 15) is 9.59 Å². The number of hydrogen-bond acceptors (Lipinski definition) is 6. The number of aliphatic imine (C=N–C) groups is 1. The number of anilines is 1. The van der Waals surface area contributed by atoms with Gasteiger partial charge in [-0.25, -0.2) is 14.8 Å². The SMILES string of the molecule is CCOC(=O)c1c(/N=C2\SCC(=O)N2c2ccccc2)ncn1CC. The fourth-order valence-electron chi connectivity index (χ4n) is 2.47. The highest BCUT2D eigenvalue weighted by molar-refractivity contribution is 8.15. The number of esters is 1. The normalized spacial score (nSPS) is 15.8. The minimum Gasteiger partial charge on any atom is -0.461 e. The lowest BCUT2D eigenvalue weighted by Crippen LogP contribution is -2.29. The summed E-state index contributed by atoms with van der Waals surface area (Å²) in [6, 6.07) is 9.29. The van der Waals surface area contributed by atoms with Gasteiger partial charge in [-0.1, -0.05) is 30.0 Å². The molecule has 1 aromatic heterocycles. The summed E-state index contributed by atoms with van der Waals surface area (Å²) in [6.07, 6.45) is 1.56. The van der Waals surface area contributed by atoms with Crippen molar-refractivity contribution in [3.05, 3.63) is 42.4 Å². The molecule has 2 heterocycles. The first-order chi connectivity index (χ1) is 12.2. The topological polar surface area (TPSA) is 76.8 Å². The summed E-state index contributed by atoms with van der Waals surface area (Å²) in [5.41, 5.74) is 1.04. The van der Waals surface area contributed by atoms with Gasteiger partial charge < -0.3 is 9.30 Å². The molecular weight excluding hydrogens is 340 g/mol. The van der Waals surface area contributed by atoms with Crippen molar-refractivity contribution in [2.45, 2.75) is 20.4 Å². The first-order valence-corrected chi connectivity index (χ1v) is 8.96. The number of benzene rings is 1. The van der Waals surface area contributed by atoms with Gasteiger partial charge in [-0.15, -0.1) is 0 Å². The molecule has 0 N–H and O–H groups in total. The maximum atomic E-state index is 12.3. The van der Waals surface area contributed by atoms with Crippen LogP contribution in [0.15, 0.2) is 41.7 Å². The quantitative estimate of drug-likeness (QED) is 0.768. The van der Waals surface area contributed by atoms with Crippen LogP contribution in [0.3, 0.4) is 0 Å². The molecule has 1 aliphatic rings. The zero-order valence-corrected chi connectivity index (χ0v) is 14.8. The van der Waals surface area contributed by atoms with Crippen molar-refractivity contribution < 1.29 is 14.3 Å². The number of amidine groups is 1. The van der Waals surface area contributed by atoms with E-state index in [2.05, 4.69) is 9.98 Å². The molecule has 1 amide bonds. The smallest absolute Gasteiger partial charge is 0.358 e. The lowest BCUT2D eigenvalue weighted by atomic mass is 10.3. The number of rotatable bonds is 5. The van der Waals surface area contributed by atoms with Gasteiger partial charge in [0.1, 0.15) is 0 Å². The van der Waals surface area contributed by atoms with Crippen LogP contribution in [0.2, 0.25) is 0 Å². The Morgan fingerprint density at radius 3 is 2.76 bits per heavy atom. The van der Waals surface area contributed by atoms with Gasteiger partial charge in [-0.3, -0.25) is 9.69 Å². The van der Waals surface area contributed by atoms with Gasteiger partial charge in [-0.2, -0.15) is 0 Å². The largest absolute Gasteiger partial charge is 0.461 e. The summed E-state index contributed by atoms with van der Waals surface area (Å²) in [7, 11) is 0. The van der Waals surface area contributed by atoms with Crippen LogP contribution >= 0.6 is 11.8 Å². The van der Waals surface area contributed by atoms with E-state index < -0.39 is 5.97 Å². The molecule has 0 unspecified atom stereocenters. The van der Waals surface area contributed by atoms with Crippen LogP contribution < -0.4 is 4.90 Å². The highest BCUT2D eigenvalue weighted by atomic mass is 32.2. The number of carbonyl (C=O) groups is 2. The fourth-order valence-corrected chi connectivity index (χ4v) is 3.34. The molecule has 7 nitrogen and oxygen atoms in total. The highest BCUT2D eigenvalue weighted by Crippen LogP contribution is 2.29. The lowest BCUT2D eigenvalue weighted by molar-refractivity contribution is -0.115. The molecule has 0 bridgehead atoms. The monoisotopic (exact) mass is 358 g/mol. The summed E-state index contributed by atoms with van der Waals surface area (Å²) < 4.78 is 6.80. The van der Waals surface area contributed by atoms with E-state index in [0.717, 1.165) is 5.69 Å². The van der Waals surface area contributed by atoms with E-state index in [1.54, 1.807) is 22.7 Å². The zero-order valence-electron chi connectivity index (χ0n) is 14.0. The van der Waals surface area contributed by atoms with Crippen molar-refractivity contribution in [3.8, 4) is 0 Å². The minimum atomic E-state index is -0.471. The zero-order chi connectivity index (χ0) is 17.8. The van der Waals surface area contributed by atoms with E-state index in [1.807, 2.05) is 37.3 Å². The average Bonchev–Trinajstić information content (AvgIpc) is 3.19. The van der Waals surface area contributed by atoms with E-state index in [1.165, 1.54) is 11.8 Å². The van der Waals surface area contributed by atoms with Crippen molar-refractivity contribution in [1.82, 2.24) is 9.55 Å². The Morgan fingerprint density at radius 2 is 2.08 bits per heavy atom. The van der Waals surface area contributed by atoms with Crippen LogP contribution in [0.4, 0.5) is 11.5 Å². The maximum Gasteiger partial charge on any atom is 0.358 e. The lowest BCUT2D eigenvalue weighted by Gasteiger charge is -2.15. The third-order valence-corrected chi connectivity index (χ3v) is 4.53. The van der Waals surface area contributed by atoms with Gasteiger partial charge in [0, 0.05) is 6.54 Å². The van der Waals surface area contributed by atoms with E-state index in [4.69, 9.17) is 4.74 Å². The van der Waals surface area contributed by atoms with Crippen LogP contribution in [0.25, 0.3) is 0 Å². The summed E-state index contributed by atoms with van der Waals surface area (Å²) in [4.78, 5) is 34.8. The molecule has 0 saturated carbocycles. The number of thioether (sulfide) groups is 1. The Morgan fingerprint density at radius 1 is 1.32 bits per heavy atom. The van der Waals surface area contributed by atoms with Crippen molar-refractivity contribution in [1.29, 1.82) is 0 Å². The molecule has 0 spiro atoms. The number of nitrogens with zero attached hydrogens (tertiary/aromatic N) is 4. The van der Waals surface area contributed by atoms with Crippen LogP contribution in [0.1, 0.15) is 24.3 Å². The van der Waals surface area contributed by atoms with Gasteiger partial charge in [0.15, 0.2) is 16.7 Å². The van der Waals surface area contributed by atoms with Crippen molar-refractivity contribution in [2.75, 3.05) is 17.3 Å². The van der Waals surface area contributed by atoms with Gasteiger partial charge in [0.05, 0.1) is 24.4 Å². The number of para-hydroxylation sites is 1. The van der Waals surface area contributed by atoms with Crippen LogP contribution in [-0.4, -0.2) is 39.0 Å². The van der Waals surface area contributed by atoms with Gasteiger partial charge >= 0.3 is 5.97 Å². The molecule has 130 valence electrons. The summed E-state index contributed by atoms with van der Waals surface area (Å²) >= 11 is 1.32. The van der Waals surface area contributed by atoms with Crippen LogP contribution in [0, 0.1) is 0 Å². The number of imidazole rings is 1. The molecule has 8 heteroatoms. The molecule has 3 rings (SSSR count). The molecule has 1 saturated heterocycles. The average molecular weight is 358 g/mol. The summed E-state index contributed by atoms with van der Waals surface area (Å²) in [6.45, 7) is 4.50.